The summed E-state index contributed by atoms with van der Waals surface area (Å²) in [5.41, 5.74) is 0.0976. The summed E-state index contributed by atoms with van der Waals surface area (Å²) >= 11 is 0. The Morgan fingerprint density at radius 3 is 2.58 bits per heavy atom. The molecule has 1 aliphatic heterocycles. The molecule has 0 aromatic heterocycles. The van der Waals surface area contributed by atoms with Crippen LogP contribution in [0.4, 0.5) is 0 Å². The van der Waals surface area contributed by atoms with Gasteiger partial charge in [-0.2, -0.15) is 0 Å². The first kappa shape index (κ1) is 13.9. The zero-order chi connectivity index (χ0) is 14.4. The highest BCUT2D eigenvalue weighted by Gasteiger charge is 2.37. The van der Waals surface area contributed by atoms with Gasteiger partial charge in [0.05, 0.1) is 5.60 Å². The van der Waals surface area contributed by atoms with E-state index in [0.717, 1.165) is 5.56 Å². The van der Waals surface area contributed by atoms with E-state index < -0.39 is 11.7 Å². The van der Waals surface area contributed by atoms with Gasteiger partial charge in [-0.3, -0.25) is 4.79 Å². The molecule has 1 aromatic rings. The highest BCUT2D eigenvalue weighted by atomic mass is 16.5. The minimum atomic E-state index is -0.993. The normalized spacial score (nSPS) is 18.3. The van der Waals surface area contributed by atoms with E-state index in [0.29, 0.717) is 12.2 Å². The van der Waals surface area contributed by atoms with Crippen molar-refractivity contribution in [2.24, 2.45) is 5.92 Å². The molecule has 0 amide bonds. The summed E-state index contributed by atoms with van der Waals surface area (Å²) in [6, 6.07) is 3.26. The second-order valence-corrected chi connectivity index (χ2v) is 5.93. The van der Waals surface area contributed by atoms with E-state index in [1.165, 1.54) is 6.07 Å². The summed E-state index contributed by atoms with van der Waals surface area (Å²) in [7, 11) is 0. The highest BCUT2D eigenvalue weighted by molar-refractivity contribution is 6.02. The van der Waals surface area contributed by atoms with Crippen LogP contribution in [0, 0.1) is 5.92 Å². The summed E-state index contributed by atoms with van der Waals surface area (Å²) in [5, 5.41) is 19.9. The second kappa shape index (κ2) is 4.53. The first-order valence-corrected chi connectivity index (χ1v) is 6.50. The van der Waals surface area contributed by atoms with Gasteiger partial charge in [0.1, 0.15) is 23.2 Å². The lowest BCUT2D eigenvalue weighted by Crippen LogP contribution is -2.39. The topological polar surface area (TPSA) is 66.8 Å². The van der Waals surface area contributed by atoms with E-state index in [-0.39, 0.29) is 23.0 Å². The van der Waals surface area contributed by atoms with Crippen LogP contribution in [-0.4, -0.2) is 27.7 Å². The summed E-state index contributed by atoms with van der Waals surface area (Å²) < 4.78 is 5.72. The van der Waals surface area contributed by atoms with Crippen LogP contribution >= 0.6 is 0 Å². The zero-order valence-electron chi connectivity index (χ0n) is 11.7. The lowest BCUT2D eigenvalue weighted by Gasteiger charge is -2.25. The Morgan fingerprint density at radius 1 is 1.42 bits per heavy atom. The van der Waals surface area contributed by atoms with E-state index in [4.69, 9.17) is 4.74 Å². The van der Waals surface area contributed by atoms with Crippen LogP contribution in [0.15, 0.2) is 12.1 Å². The van der Waals surface area contributed by atoms with Gasteiger partial charge >= 0.3 is 0 Å². The van der Waals surface area contributed by atoms with Gasteiger partial charge in [0, 0.05) is 12.3 Å². The van der Waals surface area contributed by atoms with E-state index in [1.807, 2.05) is 0 Å². The zero-order valence-corrected chi connectivity index (χ0v) is 11.7. The van der Waals surface area contributed by atoms with E-state index in [1.54, 1.807) is 33.8 Å². The Labute approximate surface area is 113 Å². The molecular formula is C15H20O4. The van der Waals surface area contributed by atoms with E-state index >= 15 is 0 Å². The third-order valence-corrected chi connectivity index (χ3v) is 3.44. The van der Waals surface area contributed by atoms with Crippen molar-refractivity contribution >= 4 is 5.78 Å². The molecule has 1 heterocycles. The molecule has 104 valence electrons. The molecule has 0 saturated carbocycles. The molecule has 1 aromatic carbocycles. The fourth-order valence-electron chi connectivity index (χ4n) is 2.22. The third kappa shape index (κ3) is 2.45. The molecule has 0 unspecified atom stereocenters. The molecule has 1 atom stereocenters. The van der Waals surface area contributed by atoms with Gasteiger partial charge in [-0.1, -0.05) is 19.9 Å². The van der Waals surface area contributed by atoms with E-state index in [9.17, 15) is 15.0 Å². The Morgan fingerprint density at radius 2 is 2.05 bits per heavy atom. The van der Waals surface area contributed by atoms with Crippen molar-refractivity contribution in [3.05, 3.63) is 23.3 Å². The van der Waals surface area contributed by atoms with Crippen molar-refractivity contribution in [1.82, 2.24) is 0 Å². The van der Waals surface area contributed by atoms with Crippen molar-refractivity contribution in [3.63, 3.8) is 0 Å². The molecule has 0 spiro atoms. The predicted molar refractivity (Wildman–Crippen MR) is 71.7 cm³/mol. The van der Waals surface area contributed by atoms with Crippen LogP contribution in [0.3, 0.4) is 0 Å². The molecule has 4 heteroatoms. The Kier molecular flexibility index (Phi) is 3.31. The Balaban J connectivity index is 2.46. The Hall–Kier alpha value is -1.55. The SMILES string of the molecule is CC(C)C(=O)c1c(O)ccc2c1O[C@H](C(C)(C)O)C2. The number of benzene rings is 1. The smallest absolute Gasteiger partial charge is 0.172 e. The van der Waals surface area contributed by atoms with Crippen LogP contribution in [-0.2, 0) is 6.42 Å². The number of rotatable bonds is 3. The number of aromatic hydroxyl groups is 1. The molecule has 19 heavy (non-hydrogen) atoms. The second-order valence-electron chi connectivity index (χ2n) is 5.93. The quantitative estimate of drug-likeness (QED) is 0.822. The number of hydrogen-bond acceptors (Lipinski definition) is 4. The maximum absolute atomic E-state index is 12.2. The van der Waals surface area contributed by atoms with Gasteiger partial charge < -0.3 is 14.9 Å². The maximum Gasteiger partial charge on any atom is 0.172 e. The summed E-state index contributed by atoms with van der Waals surface area (Å²) in [6.45, 7) is 6.91. The van der Waals surface area contributed by atoms with Crippen molar-refractivity contribution < 1.29 is 19.7 Å². The maximum atomic E-state index is 12.2. The molecule has 2 rings (SSSR count). The molecule has 0 fully saturated rings. The van der Waals surface area contributed by atoms with Gasteiger partial charge in [0.15, 0.2) is 5.78 Å². The van der Waals surface area contributed by atoms with Crippen LogP contribution in [0.25, 0.3) is 0 Å². The number of ether oxygens (including phenoxy) is 1. The molecule has 0 aliphatic carbocycles. The van der Waals surface area contributed by atoms with Crippen molar-refractivity contribution in [1.29, 1.82) is 0 Å². The average Bonchev–Trinajstić information content (AvgIpc) is 2.71. The fourth-order valence-corrected chi connectivity index (χ4v) is 2.22. The molecule has 2 N–H and O–H groups in total. The highest BCUT2D eigenvalue weighted by Crippen LogP contribution is 2.40. The van der Waals surface area contributed by atoms with Crippen molar-refractivity contribution in [2.75, 3.05) is 0 Å². The fraction of sp³-hybridized carbons (Fsp3) is 0.533. The first-order chi connectivity index (χ1) is 8.71. The van der Waals surface area contributed by atoms with Crippen LogP contribution in [0.2, 0.25) is 0 Å². The van der Waals surface area contributed by atoms with Crippen LogP contribution in [0.5, 0.6) is 11.5 Å². The molecule has 0 saturated heterocycles. The van der Waals surface area contributed by atoms with Gasteiger partial charge in [-0.15, -0.1) is 0 Å². The van der Waals surface area contributed by atoms with Gasteiger partial charge in [-0.25, -0.2) is 0 Å². The van der Waals surface area contributed by atoms with Gasteiger partial charge in [0.25, 0.3) is 0 Å². The number of fused-ring (bicyclic) bond motifs is 1. The Bertz CT molecular complexity index is 512. The minimum absolute atomic E-state index is 0.0613. The largest absolute Gasteiger partial charge is 0.507 e. The standard InChI is InChI=1S/C15H20O4/c1-8(2)13(17)12-10(16)6-5-9-7-11(15(3,4)18)19-14(9)12/h5-6,8,11,16,18H,7H2,1-4H3/t11-/m0/s1. The number of phenolic OH excluding ortho intramolecular Hbond substituents is 1. The summed E-state index contributed by atoms with van der Waals surface area (Å²) in [5.74, 6) is -0.00685. The number of aliphatic hydroxyl groups is 1. The van der Waals surface area contributed by atoms with Crippen molar-refractivity contribution in [3.8, 4) is 11.5 Å². The third-order valence-electron chi connectivity index (χ3n) is 3.44. The monoisotopic (exact) mass is 264 g/mol. The van der Waals surface area contributed by atoms with Gasteiger partial charge in [0.2, 0.25) is 0 Å². The molecule has 0 radical (unpaired) electrons. The average molecular weight is 264 g/mol. The predicted octanol–water partition coefficient (Wildman–Crippen LogP) is 2.31. The number of carbonyl (C=O) groups is 1. The van der Waals surface area contributed by atoms with Crippen LogP contribution < -0.4 is 4.74 Å². The molecule has 1 aliphatic rings. The number of hydrogen-bond donors (Lipinski definition) is 2. The summed E-state index contributed by atoms with van der Waals surface area (Å²) in [6.07, 6.45) is 0.139. The van der Waals surface area contributed by atoms with Gasteiger partial charge in [-0.05, 0) is 25.5 Å². The minimum Gasteiger partial charge on any atom is -0.507 e. The van der Waals surface area contributed by atoms with Crippen molar-refractivity contribution in [2.45, 2.75) is 45.8 Å². The van der Waals surface area contributed by atoms with E-state index in [2.05, 4.69) is 0 Å². The summed E-state index contributed by atoms with van der Waals surface area (Å²) in [4.78, 5) is 12.2. The number of phenols is 1. The number of ketones is 1. The number of carbonyl (C=O) groups excluding carboxylic acids is 1. The lowest BCUT2D eigenvalue weighted by atomic mass is 9.94. The first-order valence-electron chi connectivity index (χ1n) is 6.50. The molecular weight excluding hydrogens is 244 g/mol. The lowest BCUT2D eigenvalue weighted by molar-refractivity contribution is -0.0232. The number of Topliss-reactive ketones (excluding diaryl/α,β-unsaturated/α-hetero) is 1. The molecule has 0 bridgehead atoms. The van der Waals surface area contributed by atoms with Crippen LogP contribution in [0.1, 0.15) is 43.6 Å². The molecule has 4 nitrogen and oxygen atoms in total.